The highest BCUT2D eigenvalue weighted by atomic mass is 16.4. The van der Waals surface area contributed by atoms with Crippen LogP contribution in [0.3, 0.4) is 0 Å². The molecule has 1 unspecified atom stereocenters. The average Bonchev–Trinajstić information content (AvgIpc) is 3.50. The number of oxazole rings is 1. The van der Waals surface area contributed by atoms with Crippen LogP contribution in [0.1, 0.15) is 27.5 Å². The van der Waals surface area contributed by atoms with E-state index in [1.165, 1.54) is 5.56 Å². The van der Waals surface area contributed by atoms with E-state index in [1.54, 1.807) is 0 Å². The molecule has 0 aliphatic carbocycles. The van der Waals surface area contributed by atoms with Gasteiger partial charge in [0.05, 0.1) is 12.1 Å². The Balaban J connectivity index is 1.31. The van der Waals surface area contributed by atoms with E-state index in [0.29, 0.717) is 24.7 Å². The van der Waals surface area contributed by atoms with Crippen molar-refractivity contribution in [2.24, 2.45) is 0 Å². The molecule has 1 N–H and O–H groups in total. The van der Waals surface area contributed by atoms with E-state index in [4.69, 9.17) is 14.5 Å². The summed E-state index contributed by atoms with van der Waals surface area (Å²) in [7, 11) is 0. The summed E-state index contributed by atoms with van der Waals surface area (Å²) < 4.78 is 7.84. The number of nitrogens with one attached hydrogen (secondary N) is 1. The van der Waals surface area contributed by atoms with Gasteiger partial charge in [-0.05, 0) is 37.1 Å². The monoisotopic (exact) mass is 491 g/mol. The zero-order valence-corrected chi connectivity index (χ0v) is 20.8. The highest BCUT2D eigenvalue weighted by Crippen LogP contribution is 2.26. The third-order valence-electron chi connectivity index (χ3n) is 7.00. The lowest BCUT2D eigenvalue weighted by Gasteiger charge is -2.36. The van der Waals surface area contributed by atoms with Gasteiger partial charge >= 0.3 is 0 Å². The van der Waals surface area contributed by atoms with E-state index >= 15 is 0 Å². The van der Waals surface area contributed by atoms with Crippen LogP contribution in [-0.4, -0.2) is 51.2 Å². The molecule has 1 aliphatic rings. The van der Waals surface area contributed by atoms with E-state index in [2.05, 4.69) is 17.4 Å². The van der Waals surface area contributed by atoms with Gasteiger partial charge in [-0.1, -0.05) is 66.7 Å². The van der Waals surface area contributed by atoms with Crippen molar-refractivity contribution in [1.29, 1.82) is 0 Å². The number of carbonyl (C=O) groups is 1. The minimum Gasteiger partial charge on any atom is -0.441 e. The summed E-state index contributed by atoms with van der Waals surface area (Å²) in [4.78, 5) is 20.7. The van der Waals surface area contributed by atoms with Crippen molar-refractivity contribution in [2.75, 3.05) is 19.6 Å². The van der Waals surface area contributed by atoms with Gasteiger partial charge in [-0.2, -0.15) is 5.10 Å². The topological polar surface area (TPSA) is 76.2 Å². The van der Waals surface area contributed by atoms with Crippen molar-refractivity contribution in [3.05, 3.63) is 108 Å². The molecule has 1 atom stereocenters. The van der Waals surface area contributed by atoms with E-state index in [1.807, 2.05) is 89.3 Å². The van der Waals surface area contributed by atoms with Crippen LogP contribution in [0.4, 0.5) is 0 Å². The summed E-state index contributed by atoms with van der Waals surface area (Å²) in [6.07, 6.45) is 0.804. The van der Waals surface area contributed by atoms with E-state index in [9.17, 15) is 4.79 Å². The summed E-state index contributed by atoms with van der Waals surface area (Å²) >= 11 is 0. The summed E-state index contributed by atoms with van der Waals surface area (Å²) in [5.41, 5.74) is 4.35. The van der Waals surface area contributed by atoms with Gasteiger partial charge in [-0.3, -0.25) is 9.48 Å². The molecule has 5 aromatic rings. The zero-order chi connectivity index (χ0) is 25.2. The zero-order valence-electron chi connectivity index (χ0n) is 20.8. The first-order valence-corrected chi connectivity index (χ1v) is 12.7. The van der Waals surface area contributed by atoms with Crippen LogP contribution in [0.25, 0.3) is 22.4 Å². The van der Waals surface area contributed by atoms with Gasteiger partial charge in [-0.15, -0.1) is 0 Å². The Morgan fingerprint density at radius 1 is 1.00 bits per heavy atom. The Bertz CT molecular complexity index is 1520. The van der Waals surface area contributed by atoms with Gasteiger partial charge in [0.1, 0.15) is 11.5 Å². The molecule has 3 aromatic carbocycles. The third kappa shape index (κ3) is 4.66. The van der Waals surface area contributed by atoms with Gasteiger partial charge in [0.25, 0.3) is 5.91 Å². The lowest BCUT2D eigenvalue weighted by atomic mass is 10.0. The fourth-order valence-electron chi connectivity index (χ4n) is 5.06. The normalized spacial score (nSPS) is 15.8. The Hall–Kier alpha value is -4.23. The molecule has 0 radical (unpaired) electrons. The van der Waals surface area contributed by atoms with Crippen molar-refractivity contribution >= 4 is 16.8 Å². The lowest BCUT2D eigenvalue weighted by molar-refractivity contribution is 0.0631. The second kappa shape index (κ2) is 10.0. The molecule has 37 heavy (non-hydrogen) atoms. The molecule has 1 saturated heterocycles. The Morgan fingerprint density at radius 3 is 2.54 bits per heavy atom. The first-order chi connectivity index (χ1) is 18.2. The highest BCUT2D eigenvalue weighted by Gasteiger charge is 2.30. The van der Waals surface area contributed by atoms with Crippen LogP contribution in [0.15, 0.2) is 89.3 Å². The lowest BCUT2D eigenvalue weighted by Crippen LogP contribution is -2.54. The van der Waals surface area contributed by atoms with Crippen molar-refractivity contribution in [3.8, 4) is 11.5 Å². The fourth-order valence-corrected chi connectivity index (χ4v) is 5.06. The summed E-state index contributed by atoms with van der Waals surface area (Å²) in [6.45, 7) is 4.53. The molecule has 1 fully saturated rings. The number of fused-ring (bicyclic) bond motifs is 1. The predicted octanol–water partition coefficient (Wildman–Crippen LogP) is 4.70. The minimum absolute atomic E-state index is 0.0285. The van der Waals surface area contributed by atoms with Gasteiger partial charge in [0.2, 0.25) is 5.89 Å². The quantitative estimate of drug-likeness (QED) is 0.373. The molecule has 1 amide bonds. The van der Waals surface area contributed by atoms with Crippen LogP contribution in [0.5, 0.6) is 0 Å². The largest absolute Gasteiger partial charge is 0.441 e. The molecular weight excluding hydrogens is 462 g/mol. The van der Waals surface area contributed by atoms with Crippen LogP contribution in [0, 0.1) is 6.92 Å². The Kier molecular flexibility index (Phi) is 6.28. The number of hydrogen-bond donors (Lipinski definition) is 1. The number of nitrogens with zero attached hydrogens (tertiary/aromatic N) is 4. The number of piperazine rings is 1. The Labute approximate surface area is 215 Å². The summed E-state index contributed by atoms with van der Waals surface area (Å²) in [6, 6.07) is 28.2. The summed E-state index contributed by atoms with van der Waals surface area (Å²) in [5.74, 6) is 1.31. The minimum atomic E-state index is -0.0285. The van der Waals surface area contributed by atoms with E-state index in [-0.39, 0.29) is 11.9 Å². The molecule has 2 aromatic heterocycles. The first kappa shape index (κ1) is 23.2. The number of amides is 1. The molecule has 0 spiro atoms. The van der Waals surface area contributed by atoms with Crippen molar-refractivity contribution < 1.29 is 9.21 Å². The molecule has 7 nitrogen and oxygen atoms in total. The Morgan fingerprint density at radius 2 is 1.73 bits per heavy atom. The molecule has 0 bridgehead atoms. The number of rotatable bonds is 6. The molecule has 0 saturated carbocycles. The van der Waals surface area contributed by atoms with Gasteiger partial charge in [0.15, 0.2) is 5.69 Å². The van der Waals surface area contributed by atoms with Gasteiger partial charge < -0.3 is 14.6 Å². The summed E-state index contributed by atoms with van der Waals surface area (Å²) in [5, 5.41) is 9.15. The number of aromatic nitrogens is 3. The van der Waals surface area contributed by atoms with Crippen molar-refractivity contribution in [1.82, 2.24) is 25.0 Å². The van der Waals surface area contributed by atoms with Gasteiger partial charge in [-0.25, -0.2) is 4.98 Å². The third-order valence-corrected chi connectivity index (χ3v) is 7.00. The average molecular weight is 492 g/mol. The molecule has 186 valence electrons. The van der Waals surface area contributed by atoms with Crippen LogP contribution < -0.4 is 5.32 Å². The second-order valence-electron chi connectivity index (χ2n) is 9.46. The maximum atomic E-state index is 13.9. The maximum Gasteiger partial charge on any atom is 0.275 e. The second-order valence-corrected chi connectivity index (χ2v) is 9.46. The number of carbonyl (C=O) groups excluding carboxylic acids is 1. The molecule has 3 heterocycles. The SMILES string of the molecule is Cc1oc(-c2ccccc2)nc1Cn1nc(C(=O)N2CCNCC2Cc2ccccc2)c2ccccc21. The van der Waals surface area contributed by atoms with Crippen LogP contribution in [-0.2, 0) is 13.0 Å². The number of benzene rings is 3. The number of para-hydroxylation sites is 1. The maximum absolute atomic E-state index is 13.9. The number of aryl methyl sites for hydroxylation is 1. The van der Waals surface area contributed by atoms with Crippen LogP contribution in [0.2, 0.25) is 0 Å². The first-order valence-electron chi connectivity index (χ1n) is 12.7. The molecule has 7 heteroatoms. The van der Waals surface area contributed by atoms with E-state index in [0.717, 1.165) is 47.4 Å². The number of hydrogen-bond acceptors (Lipinski definition) is 5. The van der Waals surface area contributed by atoms with Crippen LogP contribution >= 0.6 is 0 Å². The predicted molar refractivity (Wildman–Crippen MR) is 143 cm³/mol. The van der Waals surface area contributed by atoms with E-state index < -0.39 is 0 Å². The highest BCUT2D eigenvalue weighted by molar-refractivity contribution is 6.05. The van der Waals surface area contributed by atoms with Crippen molar-refractivity contribution in [2.45, 2.75) is 25.9 Å². The molecular formula is C30H29N5O2. The smallest absolute Gasteiger partial charge is 0.275 e. The molecule has 6 rings (SSSR count). The standard InChI is InChI=1S/C30H29N5O2/c1-21-26(32-29(37-21)23-12-6-3-7-13-23)20-35-27-15-9-8-14-25(27)28(33-35)30(36)34-17-16-31-19-24(34)18-22-10-4-2-5-11-22/h2-15,24,31H,16-20H2,1H3. The molecule has 1 aliphatic heterocycles. The van der Waals surface area contributed by atoms with Crippen molar-refractivity contribution in [3.63, 3.8) is 0 Å². The fraction of sp³-hybridized carbons (Fsp3) is 0.233. The van der Waals surface area contributed by atoms with Gasteiger partial charge in [0, 0.05) is 36.6 Å².